The molecule has 0 aliphatic rings. The lowest BCUT2D eigenvalue weighted by Crippen LogP contribution is -2.30. The van der Waals surface area contributed by atoms with Crippen molar-refractivity contribution in [2.75, 3.05) is 27.9 Å². The van der Waals surface area contributed by atoms with Crippen LogP contribution in [0.5, 0.6) is 17.2 Å². The maximum atomic E-state index is 12.7. The lowest BCUT2D eigenvalue weighted by molar-refractivity contribution is 0.0902. The van der Waals surface area contributed by atoms with Gasteiger partial charge in [0.25, 0.3) is 5.91 Å². The molecule has 1 heterocycles. The number of amides is 1. The number of carbonyl (C=O) groups excluding carboxylic acids is 2. The van der Waals surface area contributed by atoms with Crippen LogP contribution < -0.4 is 19.5 Å². The minimum atomic E-state index is -0.442. The third-order valence-electron chi connectivity index (χ3n) is 4.72. The Bertz CT molecular complexity index is 1200. The molecule has 162 valence electrons. The van der Waals surface area contributed by atoms with Crippen LogP contribution in [-0.4, -0.2) is 44.5 Å². The molecule has 0 aliphatic heterocycles. The Morgan fingerprint density at radius 2 is 1.62 bits per heavy atom. The second-order valence-corrected chi connectivity index (χ2v) is 6.58. The predicted octanol–water partition coefficient (Wildman–Crippen LogP) is 3.26. The molecule has 8 heteroatoms. The van der Waals surface area contributed by atoms with Crippen LogP contribution in [0.15, 0.2) is 54.6 Å². The maximum Gasteiger partial charge on any atom is 0.251 e. The lowest BCUT2D eigenvalue weighted by atomic mass is 10.0. The molecule has 0 saturated carbocycles. The van der Waals surface area contributed by atoms with Gasteiger partial charge in [0.1, 0.15) is 17.1 Å². The van der Waals surface area contributed by atoms with Gasteiger partial charge in [0.05, 0.1) is 39.5 Å². The molecule has 0 atom stereocenters. The number of ketones is 1. The number of pyridine rings is 1. The number of nitrogens with zero attached hydrogens (tertiary/aromatic N) is 2. The van der Waals surface area contributed by atoms with E-state index >= 15 is 0 Å². The smallest absolute Gasteiger partial charge is 0.251 e. The summed E-state index contributed by atoms with van der Waals surface area (Å²) in [6, 6.07) is 16.9. The maximum absolute atomic E-state index is 12.7. The van der Waals surface area contributed by atoms with E-state index in [0.717, 1.165) is 0 Å². The molecular formula is C24H21N3O5. The summed E-state index contributed by atoms with van der Waals surface area (Å²) in [4.78, 5) is 29.6. The van der Waals surface area contributed by atoms with Gasteiger partial charge in [0.15, 0.2) is 17.3 Å². The summed E-state index contributed by atoms with van der Waals surface area (Å²) in [5, 5.41) is 12.0. The number of benzene rings is 2. The van der Waals surface area contributed by atoms with Crippen LogP contribution in [0.3, 0.4) is 0 Å². The molecule has 3 rings (SSSR count). The Morgan fingerprint density at radius 3 is 2.31 bits per heavy atom. The molecular weight excluding hydrogens is 410 g/mol. The van der Waals surface area contributed by atoms with Crippen molar-refractivity contribution in [1.29, 1.82) is 5.26 Å². The van der Waals surface area contributed by atoms with E-state index in [2.05, 4.69) is 16.4 Å². The van der Waals surface area contributed by atoms with E-state index in [-0.39, 0.29) is 12.2 Å². The number of Topliss-reactive ketones (excluding diaryl/α,β-unsaturated/α-hetero) is 1. The van der Waals surface area contributed by atoms with Crippen molar-refractivity contribution in [3.8, 4) is 34.6 Å². The van der Waals surface area contributed by atoms with Gasteiger partial charge in [0, 0.05) is 11.1 Å². The number of ether oxygens (including phenoxy) is 3. The highest BCUT2D eigenvalue weighted by molar-refractivity contribution is 6.01. The average Bonchev–Trinajstić information content (AvgIpc) is 2.85. The molecule has 1 aromatic heterocycles. The zero-order chi connectivity index (χ0) is 23.1. The summed E-state index contributed by atoms with van der Waals surface area (Å²) in [5.41, 5.74) is 1.80. The van der Waals surface area contributed by atoms with Gasteiger partial charge in [-0.25, -0.2) is 4.98 Å². The second-order valence-electron chi connectivity index (χ2n) is 6.58. The van der Waals surface area contributed by atoms with Crippen molar-refractivity contribution in [1.82, 2.24) is 10.3 Å². The van der Waals surface area contributed by atoms with Crippen molar-refractivity contribution in [3.05, 3.63) is 71.4 Å². The molecule has 3 aromatic rings. The largest absolute Gasteiger partial charge is 0.494 e. The number of carbonyl (C=O) groups is 2. The number of methoxy groups -OCH3 is 3. The number of rotatable bonds is 8. The summed E-state index contributed by atoms with van der Waals surface area (Å²) in [7, 11) is 4.46. The van der Waals surface area contributed by atoms with E-state index < -0.39 is 11.7 Å². The van der Waals surface area contributed by atoms with E-state index in [9.17, 15) is 14.9 Å². The topological polar surface area (TPSA) is 111 Å². The van der Waals surface area contributed by atoms with Crippen LogP contribution in [0.2, 0.25) is 0 Å². The highest BCUT2D eigenvalue weighted by Gasteiger charge is 2.17. The minimum absolute atomic E-state index is 0.140. The summed E-state index contributed by atoms with van der Waals surface area (Å²) >= 11 is 0. The van der Waals surface area contributed by atoms with Crippen LogP contribution in [0.25, 0.3) is 11.3 Å². The molecule has 0 bridgehead atoms. The van der Waals surface area contributed by atoms with Gasteiger partial charge >= 0.3 is 0 Å². The Labute approximate surface area is 185 Å². The predicted molar refractivity (Wildman–Crippen MR) is 117 cm³/mol. The quantitative estimate of drug-likeness (QED) is 0.545. The molecule has 0 fully saturated rings. The molecule has 0 radical (unpaired) electrons. The SMILES string of the molecule is COc1ccc(C(=O)NCC(=O)c2ccc(OC)c(-c3ccccc3C#N)n2)cc1OC. The lowest BCUT2D eigenvalue weighted by Gasteiger charge is -2.12. The fourth-order valence-electron chi connectivity index (χ4n) is 3.08. The highest BCUT2D eigenvalue weighted by Crippen LogP contribution is 2.31. The third kappa shape index (κ3) is 4.68. The minimum Gasteiger partial charge on any atom is -0.494 e. The Morgan fingerprint density at radius 1 is 0.938 bits per heavy atom. The molecule has 0 unspecified atom stereocenters. The van der Waals surface area contributed by atoms with E-state index in [0.29, 0.717) is 39.6 Å². The number of aromatic nitrogens is 1. The molecule has 0 aliphatic carbocycles. The number of nitriles is 1. The third-order valence-corrected chi connectivity index (χ3v) is 4.72. The van der Waals surface area contributed by atoms with Crippen LogP contribution in [-0.2, 0) is 0 Å². The van der Waals surface area contributed by atoms with Gasteiger partial charge < -0.3 is 19.5 Å². The van der Waals surface area contributed by atoms with Gasteiger partial charge in [-0.15, -0.1) is 0 Å². The van der Waals surface area contributed by atoms with Crippen LogP contribution in [0.1, 0.15) is 26.4 Å². The molecule has 2 aromatic carbocycles. The molecule has 1 N–H and O–H groups in total. The van der Waals surface area contributed by atoms with Gasteiger partial charge in [-0.05, 0) is 36.4 Å². The average molecular weight is 431 g/mol. The van der Waals surface area contributed by atoms with Crippen molar-refractivity contribution >= 4 is 11.7 Å². The first-order chi connectivity index (χ1) is 15.5. The van der Waals surface area contributed by atoms with Gasteiger partial charge in [-0.3, -0.25) is 9.59 Å². The fourth-order valence-corrected chi connectivity index (χ4v) is 3.08. The van der Waals surface area contributed by atoms with Crippen LogP contribution in [0, 0.1) is 11.3 Å². The van der Waals surface area contributed by atoms with Crippen molar-refractivity contribution in [3.63, 3.8) is 0 Å². The first-order valence-electron chi connectivity index (χ1n) is 9.60. The second kappa shape index (κ2) is 10.1. The van der Waals surface area contributed by atoms with Crippen LogP contribution in [0.4, 0.5) is 0 Å². The van der Waals surface area contributed by atoms with Gasteiger partial charge in [-0.2, -0.15) is 5.26 Å². The molecule has 32 heavy (non-hydrogen) atoms. The first-order valence-corrected chi connectivity index (χ1v) is 9.60. The zero-order valence-electron chi connectivity index (χ0n) is 17.8. The standard InChI is InChI=1S/C24H21N3O5/c1-30-20-10-8-15(12-22(20)32-3)24(29)26-14-19(28)18-9-11-21(31-2)23(27-18)17-7-5-4-6-16(17)13-25/h4-12H,14H2,1-3H3,(H,26,29). The number of hydrogen-bond donors (Lipinski definition) is 1. The summed E-state index contributed by atoms with van der Waals surface area (Å²) in [5.74, 6) is 0.496. The summed E-state index contributed by atoms with van der Waals surface area (Å²) < 4.78 is 15.7. The first kappa shape index (κ1) is 22.3. The molecule has 0 spiro atoms. The van der Waals surface area contributed by atoms with Gasteiger partial charge in [0.2, 0.25) is 0 Å². The van der Waals surface area contributed by atoms with Crippen molar-refractivity contribution in [2.24, 2.45) is 0 Å². The highest BCUT2D eigenvalue weighted by atomic mass is 16.5. The van der Waals surface area contributed by atoms with Crippen molar-refractivity contribution < 1.29 is 23.8 Å². The number of nitrogens with one attached hydrogen (secondary N) is 1. The van der Waals surface area contributed by atoms with E-state index in [1.165, 1.54) is 33.5 Å². The summed E-state index contributed by atoms with van der Waals surface area (Å²) in [6.07, 6.45) is 0. The van der Waals surface area contributed by atoms with Crippen LogP contribution >= 0.6 is 0 Å². The zero-order valence-corrected chi connectivity index (χ0v) is 17.8. The van der Waals surface area contributed by atoms with Gasteiger partial charge in [-0.1, -0.05) is 18.2 Å². The van der Waals surface area contributed by atoms with E-state index in [1.54, 1.807) is 42.5 Å². The Kier molecular flexibility index (Phi) is 7.03. The molecule has 1 amide bonds. The fraction of sp³-hybridized carbons (Fsp3) is 0.167. The molecule has 8 nitrogen and oxygen atoms in total. The Hall–Kier alpha value is -4.38. The normalized spacial score (nSPS) is 10.1. The van der Waals surface area contributed by atoms with E-state index in [4.69, 9.17) is 14.2 Å². The van der Waals surface area contributed by atoms with E-state index in [1.807, 2.05) is 0 Å². The summed E-state index contributed by atoms with van der Waals surface area (Å²) in [6.45, 7) is -0.258. The monoisotopic (exact) mass is 431 g/mol. The molecule has 0 saturated heterocycles. The van der Waals surface area contributed by atoms with Crippen molar-refractivity contribution in [2.45, 2.75) is 0 Å². The number of hydrogen-bond acceptors (Lipinski definition) is 7. The Balaban J connectivity index is 1.80.